The molecule has 0 aliphatic heterocycles. The maximum atomic E-state index is 9.37. The summed E-state index contributed by atoms with van der Waals surface area (Å²) in [6.45, 7) is 1.86. The lowest BCUT2D eigenvalue weighted by molar-refractivity contribution is -0.107. The van der Waals surface area contributed by atoms with Crippen molar-refractivity contribution in [3.8, 4) is 0 Å². The summed E-state index contributed by atoms with van der Waals surface area (Å²) < 4.78 is 0. The predicted octanol–water partition coefficient (Wildman–Crippen LogP) is 1.22. The molecule has 0 unspecified atom stereocenters. The average Bonchev–Trinajstić information content (AvgIpc) is 1.41. The van der Waals surface area contributed by atoms with Crippen LogP contribution in [0.3, 0.4) is 0 Å². The molecule has 0 rings (SSSR count). The van der Waals surface area contributed by atoms with E-state index >= 15 is 0 Å². The van der Waals surface area contributed by atoms with Crippen LogP contribution in [-0.2, 0) is 4.79 Å². The molecular weight excluding hydrogens is 99.5 g/mol. The molecule has 1 nitrogen and oxygen atoms in total. The van der Waals surface area contributed by atoms with Crippen LogP contribution in [-0.4, -0.2) is 6.29 Å². The Morgan fingerprint density at radius 3 is 2.17 bits per heavy atom. The first-order chi connectivity index (χ1) is 2.41. The molecule has 0 N–H and O–H groups in total. The van der Waals surface area contributed by atoms with Crippen molar-refractivity contribution in [2.24, 2.45) is 0 Å². The minimum absolute atomic E-state index is 0. The number of hydrogen-bond donors (Lipinski definition) is 0. The molecule has 0 saturated heterocycles. The van der Waals surface area contributed by atoms with E-state index in [1.807, 2.05) is 13.3 Å². The Balaban J connectivity index is 0. The van der Waals surface area contributed by atoms with E-state index in [1.54, 1.807) is 0 Å². The van der Waals surface area contributed by atoms with Gasteiger partial charge in [0.25, 0.3) is 0 Å². The number of carbonyl (C=O) groups excluding carboxylic acids is 1. The van der Waals surface area contributed by atoms with E-state index < -0.39 is 0 Å². The van der Waals surface area contributed by atoms with Crippen LogP contribution in [0.1, 0.15) is 13.3 Å². The highest BCUT2D eigenvalue weighted by molar-refractivity contribution is 5.85. The van der Waals surface area contributed by atoms with Crippen molar-refractivity contribution in [2.75, 3.05) is 0 Å². The fourth-order valence-corrected chi connectivity index (χ4v) is 0.0962. The highest BCUT2D eigenvalue weighted by Crippen LogP contribution is 1.72. The van der Waals surface area contributed by atoms with Gasteiger partial charge in [-0.15, -0.1) is 12.4 Å². The molecule has 0 heterocycles. The Labute approximate surface area is 44.1 Å². The van der Waals surface area contributed by atoms with Gasteiger partial charge in [0.2, 0.25) is 0 Å². The minimum Gasteiger partial charge on any atom is -0.303 e. The molecule has 0 aromatic rings. The first-order valence-electron chi connectivity index (χ1n) is 1.63. The molecule has 0 spiro atoms. The van der Waals surface area contributed by atoms with Crippen LogP contribution in [0.4, 0.5) is 0 Å². The van der Waals surface area contributed by atoms with Gasteiger partial charge in [-0.2, -0.15) is 0 Å². The van der Waals surface area contributed by atoms with Gasteiger partial charge in [0.15, 0.2) is 0 Å². The first kappa shape index (κ1) is 9.35. The maximum Gasteiger partial charge on any atom is 0.120 e. The van der Waals surface area contributed by atoms with Crippen molar-refractivity contribution in [2.45, 2.75) is 13.3 Å². The number of hydrogen-bond acceptors (Lipinski definition) is 1. The lowest BCUT2D eigenvalue weighted by atomic mass is 10.4. The van der Waals surface area contributed by atoms with Gasteiger partial charge in [-0.25, -0.2) is 0 Å². The third kappa shape index (κ3) is 9.03. The highest BCUT2D eigenvalue weighted by atomic mass is 35.5. The van der Waals surface area contributed by atoms with Crippen molar-refractivity contribution in [3.05, 3.63) is 6.42 Å². The van der Waals surface area contributed by atoms with E-state index in [9.17, 15) is 4.79 Å². The van der Waals surface area contributed by atoms with Crippen LogP contribution in [0.25, 0.3) is 0 Å². The van der Waals surface area contributed by atoms with Crippen LogP contribution in [0.15, 0.2) is 0 Å². The summed E-state index contributed by atoms with van der Waals surface area (Å²) in [6, 6.07) is 0. The normalized spacial score (nSPS) is 6.17. The van der Waals surface area contributed by atoms with E-state index in [0.717, 1.165) is 6.29 Å². The second kappa shape index (κ2) is 8.88. The number of unbranched alkanes of at least 4 members (excludes halogenated alkanes) is 1. The smallest absolute Gasteiger partial charge is 0.120 e. The van der Waals surface area contributed by atoms with Crippen molar-refractivity contribution in [1.82, 2.24) is 0 Å². The Hall–Kier alpha value is -0.0400. The van der Waals surface area contributed by atoms with Crippen LogP contribution < -0.4 is 0 Å². The first-order valence-corrected chi connectivity index (χ1v) is 1.63. The standard InChI is InChI=1S/C4H7O.ClH/c1-2-3-4-5;/h2,4H,3H2,1H3;1H. The zero-order valence-corrected chi connectivity index (χ0v) is 4.49. The van der Waals surface area contributed by atoms with E-state index in [0.29, 0.717) is 6.42 Å². The summed E-state index contributed by atoms with van der Waals surface area (Å²) >= 11 is 0. The van der Waals surface area contributed by atoms with Crippen LogP contribution in [0.5, 0.6) is 0 Å². The van der Waals surface area contributed by atoms with Crippen molar-refractivity contribution in [1.29, 1.82) is 0 Å². The molecule has 0 aromatic carbocycles. The number of aldehydes is 1. The molecule has 1 radical (unpaired) electrons. The number of rotatable bonds is 2. The molecule has 6 heavy (non-hydrogen) atoms. The zero-order chi connectivity index (χ0) is 4.12. The minimum atomic E-state index is 0. The quantitative estimate of drug-likeness (QED) is 0.485. The molecule has 0 aliphatic carbocycles. The molecule has 0 atom stereocenters. The topological polar surface area (TPSA) is 17.1 Å². The summed E-state index contributed by atoms with van der Waals surface area (Å²) in [7, 11) is 0. The summed E-state index contributed by atoms with van der Waals surface area (Å²) in [5, 5.41) is 0. The van der Waals surface area contributed by atoms with Crippen molar-refractivity contribution >= 4 is 18.7 Å². The molecule has 0 bridgehead atoms. The average molecular weight is 108 g/mol. The highest BCUT2D eigenvalue weighted by Gasteiger charge is 1.67. The molecule has 0 aromatic heterocycles. The molecular formula is C4H8ClO. The van der Waals surface area contributed by atoms with Gasteiger partial charge in [0, 0.05) is 6.42 Å². The van der Waals surface area contributed by atoms with E-state index in [2.05, 4.69) is 0 Å². The molecule has 0 fully saturated rings. The van der Waals surface area contributed by atoms with E-state index in [-0.39, 0.29) is 12.4 Å². The van der Waals surface area contributed by atoms with E-state index in [4.69, 9.17) is 0 Å². The van der Waals surface area contributed by atoms with Crippen LogP contribution >= 0.6 is 12.4 Å². The monoisotopic (exact) mass is 107 g/mol. The Morgan fingerprint density at radius 2 is 2.17 bits per heavy atom. The van der Waals surface area contributed by atoms with Crippen LogP contribution in [0, 0.1) is 6.42 Å². The fraction of sp³-hybridized carbons (Fsp3) is 0.500. The largest absolute Gasteiger partial charge is 0.303 e. The SMILES string of the molecule is C[CH]CC=O.Cl. The lowest BCUT2D eigenvalue weighted by Gasteiger charge is -1.67. The third-order valence-electron chi connectivity index (χ3n) is 0.332. The van der Waals surface area contributed by atoms with Crippen molar-refractivity contribution < 1.29 is 4.79 Å². The predicted molar refractivity (Wildman–Crippen MR) is 27.9 cm³/mol. The summed E-state index contributed by atoms with van der Waals surface area (Å²) in [4.78, 5) is 9.37. The van der Waals surface area contributed by atoms with Gasteiger partial charge in [0.1, 0.15) is 6.29 Å². The third-order valence-corrected chi connectivity index (χ3v) is 0.332. The Morgan fingerprint density at radius 1 is 1.67 bits per heavy atom. The molecule has 37 valence electrons. The molecule has 0 amide bonds. The van der Waals surface area contributed by atoms with Crippen molar-refractivity contribution in [3.63, 3.8) is 0 Å². The van der Waals surface area contributed by atoms with Gasteiger partial charge in [-0.05, 0) is 6.42 Å². The van der Waals surface area contributed by atoms with Gasteiger partial charge < -0.3 is 4.79 Å². The molecule has 0 saturated carbocycles. The lowest BCUT2D eigenvalue weighted by Crippen LogP contribution is -1.66. The van der Waals surface area contributed by atoms with Gasteiger partial charge in [0.05, 0.1) is 0 Å². The van der Waals surface area contributed by atoms with E-state index in [1.165, 1.54) is 0 Å². The van der Waals surface area contributed by atoms with Gasteiger partial charge in [-0.1, -0.05) is 6.92 Å². The second-order valence-corrected chi connectivity index (χ2v) is 0.811. The maximum absolute atomic E-state index is 9.37. The second-order valence-electron chi connectivity index (χ2n) is 0.811. The van der Waals surface area contributed by atoms with Gasteiger partial charge >= 0.3 is 0 Å². The summed E-state index contributed by atoms with van der Waals surface area (Å²) in [5.74, 6) is 0. The number of halogens is 1. The Bertz CT molecular complexity index is 28.7. The molecule has 0 aliphatic rings. The molecule has 2 heteroatoms. The summed E-state index contributed by atoms with van der Waals surface area (Å²) in [6.07, 6.45) is 3.27. The van der Waals surface area contributed by atoms with Crippen LogP contribution in [0.2, 0.25) is 0 Å². The number of carbonyl (C=O) groups is 1. The summed E-state index contributed by atoms with van der Waals surface area (Å²) in [5.41, 5.74) is 0. The Kier molecular flexibility index (Phi) is 13.8. The van der Waals surface area contributed by atoms with Gasteiger partial charge in [-0.3, -0.25) is 0 Å². The fourth-order valence-electron chi connectivity index (χ4n) is 0.0962. The zero-order valence-electron chi connectivity index (χ0n) is 3.68.